The van der Waals surface area contributed by atoms with Crippen molar-refractivity contribution in [3.05, 3.63) is 16.1 Å². The smallest absolute Gasteiger partial charge is 0.0959 e. The predicted molar refractivity (Wildman–Crippen MR) is 71.6 cm³/mol. The standard InChI is InChI=1S/C13H20ClNS/c14-9-5-8-12-10-16-13(15-12)11-6-3-1-2-4-7-11/h10-11H,1-9H2. The Balaban J connectivity index is 1.94. The Morgan fingerprint density at radius 1 is 1.25 bits per heavy atom. The van der Waals surface area contributed by atoms with Crippen LogP contribution in [0.5, 0.6) is 0 Å². The van der Waals surface area contributed by atoms with E-state index in [1.54, 1.807) is 0 Å². The van der Waals surface area contributed by atoms with Gasteiger partial charge in [0.25, 0.3) is 0 Å². The Kier molecular flexibility index (Phi) is 5.11. The van der Waals surface area contributed by atoms with Gasteiger partial charge >= 0.3 is 0 Å². The normalized spacial score (nSPS) is 18.6. The third-order valence-corrected chi connectivity index (χ3v) is 4.66. The number of hydrogen-bond acceptors (Lipinski definition) is 2. The van der Waals surface area contributed by atoms with E-state index in [0.717, 1.165) is 24.6 Å². The fourth-order valence-electron chi connectivity index (χ4n) is 2.40. The summed E-state index contributed by atoms with van der Waals surface area (Å²) >= 11 is 7.57. The second kappa shape index (κ2) is 6.61. The van der Waals surface area contributed by atoms with E-state index in [-0.39, 0.29) is 0 Å². The van der Waals surface area contributed by atoms with Crippen LogP contribution in [-0.4, -0.2) is 10.9 Å². The van der Waals surface area contributed by atoms with E-state index in [1.807, 2.05) is 11.3 Å². The van der Waals surface area contributed by atoms with Crippen molar-refractivity contribution < 1.29 is 0 Å². The van der Waals surface area contributed by atoms with Gasteiger partial charge < -0.3 is 0 Å². The molecule has 0 atom stereocenters. The largest absolute Gasteiger partial charge is 0.246 e. The van der Waals surface area contributed by atoms with Gasteiger partial charge in [0.2, 0.25) is 0 Å². The highest BCUT2D eigenvalue weighted by atomic mass is 35.5. The molecule has 1 aliphatic rings. The van der Waals surface area contributed by atoms with Crippen LogP contribution in [-0.2, 0) is 6.42 Å². The van der Waals surface area contributed by atoms with E-state index in [4.69, 9.17) is 16.6 Å². The highest BCUT2D eigenvalue weighted by Gasteiger charge is 2.17. The average Bonchev–Trinajstić information content (AvgIpc) is 2.60. The summed E-state index contributed by atoms with van der Waals surface area (Å²) in [7, 11) is 0. The van der Waals surface area contributed by atoms with Crippen molar-refractivity contribution in [3.8, 4) is 0 Å². The molecule has 16 heavy (non-hydrogen) atoms. The minimum atomic E-state index is 0.746. The average molecular weight is 258 g/mol. The Hall–Kier alpha value is -0.0800. The van der Waals surface area contributed by atoms with E-state index in [0.29, 0.717) is 0 Å². The Morgan fingerprint density at radius 2 is 2.00 bits per heavy atom. The maximum Gasteiger partial charge on any atom is 0.0959 e. The van der Waals surface area contributed by atoms with Gasteiger partial charge in [-0.2, -0.15) is 0 Å². The van der Waals surface area contributed by atoms with E-state index in [1.165, 1.54) is 49.2 Å². The van der Waals surface area contributed by atoms with Crippen LogP contribution in [0, 0.1) is 0 Å². The number of aromatic nitrogens is 1. The lowest BCUT2D eigenvalue weighted by molar-refractivity contribution is 0.587. The van der Waals surface area contributed by atoms with Crippen molar-refractivity contribution in [2.24, 2.45) is 0 Å². The summed E-state index contributed by atoms with van der Waals surface area (Å²) in [6.07, 6.45) is 10.4. The van der Waals surface area contributed by atoms with Crippen LogP contribution in [0.4, 0.5) is 0 Å². The zero-order chi connectivity index (χ0) is 11.2. The lowest BCUT2D eigenvalue weighted by Gasteiger charge is -2.09. The highest BCUT2D eigenvalue weighted by molar-refractivity contribution is 7.09. The summed E-state index contributed by atoms with van der Waals surface area (Å²) in [5.74, 6) is 1.49. The quantitative estimate of drug-likeness (QED) is 0.560. The number of hydrogen-bond donors (Lipinski definition) is 0. The molecule has 1 fully saturated rings. The minimum absolute atomic E-state index is 0.746. The van der Waals surface area contributed by atoms with Crippen molar-refractivity contribution in [1.29, 1.82) is 0 Å². The molecule has 0 N–H and O–H groups in total. The first-order valence-electron chi connectivity index (χ1n) is 6.40. The molecule has 0 spiro atoms. The van der Waals surface area contributed by atoms with Crippen LogP contribution in [0.15, 0.2) is 5.38 Å². The number of thiazole rings is 1. The zero-order valence-electron chi connectivity index (χ0n) is 9.75. The fourth-order valence-corrected chi connectivity index (χ4v) is 3.56. The molecule has 0 unspecified atom stereocenters. The number of alkyl halides is 1. The summed E-state index contributed by atoms with van der Waals surface area (Å²) in [6, 6.07) is 0. The fraction of sp³-hybridized carbons (Fsp3) is 0.769. The van der Waals surface area contributed by atoms with Gasteiger partial charge in [-0.1, -0.05) is 25.7 Å². The summed E-state index contributed by atoms with van der Waals surface area (Å²) in [4.78, 5) is 4.77. The second-order valence-electron chi connectivity index (χ2n) is 4.66. The summed E-state index contributed by atoms with van der Waals surface area (Å²) < 4.78 is 0. The van der Waals surface area contributed by atoms with Gasteiger partial charge in [-0.05, 0) is 25.7 Å². The van der Waals surface area contributed by atoms with Crippen LogP contribution in [0.1, 0.15) is 61.6 Å². The van der Waals surface area contributed by atoms with Crippen molar-refractivity contribution in [1.82, 2.24) is 4.98 Å². The molecule has 1 aromatic heterocycles. The summed E-state index contributed by atoms with van der Waals surface area (Å²) in [5, 5.41) is 3.61. The maximum atomic E-state index is 5.70. The van der Waals surface area contributed by atoms with Crippen LogP contribution in [0.2, 0.25) is 0 Å². The Bertz CT molecular complexity index is 303. The monoisotopic (exact) mass is 257 g/mol. The molecule has 1 saturated carbocycles. The van der Waals surface area contributed by atoms with Crippen LogP contribution in [0.25, 0.3) is 0 Å². The second-order valence-corrected chi connectivity index (χ2v) is 5.93. The van der Waals surface area contributed by atoms with E-state index in [9.17, 15) is 0 Å². The van der Waals surface area contributed by atoms with Gasteiger partial charge in [-0.3, -0.25) is 0 Å². The lowest BCUT2D eigenvalue weighted by atomic mass is 10.0. The molecule has 0 saturated heterocycles. The number of nitrogens with zero attached hydrogens (tertiary/aromatic N) is 1. The molecule has 0 aromatic carbocycles. The van der Waals surface area contributed by atoms with Gasteiger partial charge in [0.1, 0.15) is 0 Å². The van der Waals surface area contributed by atoms with Crippen LogP contribution in [0.3, 0.4) is 0 Å². The van der Waals surface area contributed by atoms with E-state index < -0.39 is 0 Å². The molecule has 90 valence electrons. The highest BCUT2D eigenvalue weighted by Crippen LogP contribution is 2.33. The molecule has 0 radical (unpaired) electrons. The summed E-state index contributed by atoms with van der Waals surface area (Å²) in [5.41, 5.74) is 1.25. The first-order chi connectivity index (χ1) is 7.90. The molecule has 0 bridgehead atoms. The molecule has 2 rings (SSSR count). The van der Waals surface area contributed by atoms with Gasteiger partial charge in [0.15, 0.2) is 0 Å². The number of rotatable bonds is 4. The lowest BCUT2D eigenvalue weighted by Crippen LogP contribution is -1.97. The van der Waals surface area contributed by atoms with Crippen LogP contribution < -0.4 is 0 Å². The first kappa shape index (κ1) is 12.4. The zero-order valence-corrected chi connectivity index (χ0v) is 11.3. The van der Waals surface area contributed by atoms with Crippen molar-refractivity contribution in [2.45, 2.75) is 57.3 Å². The van der Waals surface area contributed by atoms with Gasteiger partial charge in [0.05, 0.1) is 10.7 Å². The molecule has 1 heterocycles. The third-order valence-electron chi connectivity index (χ3n) is 3.34. The Labute approximate surface area is 107 Å². The SMILES string of the molecule is ClCCCc1csc(C2CCCCCC2)n1. The topological polar surface area (TPSA) is 12.9 Å². The van der Waals surface area contributed by atoms with Crippen molar-refractivity contribution in [3.63, 3.8) is 0 Å². The molecular weight excluding hydrogens is 238 g/mol. The predicted octanol–water partition coefficient (Wildman–Crippen LogP) is 4.75. The van der Waals surface area contributed by atoms with Gasteiger partial charge in [0, 0.05) is 17.2 Å². The van der Waals surface area contributed by atoms with Gasteiger partial charge in [-0.15, -0.1) is 22.9 Å². The number of aryl methyl sites for hydroxylation is 1. The maximum absolute atomic E-state index is 5.70. The molecule has 0 aliphatic heterocycles. The molecule has 0 amide bonds. The van der Waals surface area contributed by atoms with Crippen molar-refractivity contribution >= 4 is 22.9 Å². The van der Waals surface area contributed by atoms with E-state index >= 15 is 0 Å². The molecule has 1 nitrogen and oxygen atoms in total. The third kappa shape index (κ3) is 3.46. The molecule has 1 aliphatic carbocycles. The molecular formula is C13H20ClNS. The minimum Gasteiger partial charge on any atom is -0.246 e. The van der Waals surface area contributed by atoms with Gasteiger partial charge in [-0.25, -0.2) is 4.98 Å². The first-order valence-corrected chi connectivity index (χ1v) is 7.82. The van der Waals surface area contributed by atoms with Crippen LogP contribution >= 0.6 is 22.9 Å². The van der Waals surface area contributed by atoms with Crippen molar-refractivity contribution in [2.75, 3.05) is 5.88 Å². The number of halogens is 1. The molecule has 1 aromatic rings. The Morgan fingerprint density at radius 3 is 2.69 bits per heavy atom. The van der Waals surface area contributed by atoms with E-state index in [2.05, 4.69) is 5.38 Å². The summed E-state index contributed by atoms with van der Waals surface area (Å²) in [6.45, 7) is 0. The molecule has 3 heteroatoms.